The molecule has 2 rings (SSSR count). The van der Waals surface area contributed by atoms with Gasteiger partial charge in [-0.1, -0.05) is 0 Å². The molecule has 0 radical (unpaired) electrons. The van der Waals surface area contributed by atoms with E-state index in [-0.39, 0.29) is 0 Å². The minimum atomic E-state index is 0.504. The van der Waals surface area contributed by atoms with Gasteiger partial charge in [-0.3, -0.25) is 4.57 Å². The van der Waals surface area contributed by atoms with Gasteiger partial charge in [0.1, 0.15) is 12.1 Å². The highest BCUT2D eigenvalue weighted by molar-refractivity contribution is 6.17. The van der Waals surface area contributed by atoms with Crippen molar-refractivity contribution in [1.82, 2.24) is 14.5 Å². The summed E-state index contributed by atoms with van der Waals surface area (Å²) in [6.45, 7) is 0. The van der Waals surface area contributed by atoms with Crippen LogP contribution in [-0.4, -0.2) is 14.5 Å². The Labute approximate surface area is 81.0 Å². The van der Waals surface area contributed by atoms with E-state index in [2.05, 4.69) is 9.97 Å². The van der Waals surface area contributed by atoms with Gasteiger partial charge in [-0.2, -0.15) is 0 Å². The van der Waals surface area contributed by atoms with Crippen LogP contribution in [0.4, 0.5) is 0 Å². The lowest BCUT2D eigenvalue weighted by Crippen LogP contribution is -1.94. The van der Waals surface area contributed by atoms with E-state index in [1.807, 2.05) is 22.9 Å². The maximum Gasteiger partial charge on any atom is 0.138 e. The van der Waals surface area contributed by atoms with Gasteiger partial charge < -0.3 is 0 Å². The lowest BCUT2D eigenvalue weighted by molar-refractivity contribution is 0.987. The number of halogens is 1. The molecule has 0 fully saturated rings. The van der Waals surface area contributed by atoms with E-state index in [1.54, 1.807) is 18.7 Å². The molecule has 0 aliphatic carbocycles. The predicted octanol–water partition coefficient (Wildman–Crippen LogP) is 2.01. The average molecular weight is 194 g/mol. The molecular formula is C9H8ClN3. The van der Waals surface area contributed by atoms with Crippen LogP contribution in [0, 0.1) is 0 Å². The number of imidazole rings is 1. The van der Waals surface area contributed by atoms with Crippen LogP contribution < -0.4 is 0 Å². The molecule has 0 aromatic carbocycles. The summed E-state index contributed by atoms with van der Waals surface area (Å²) in [6, 6.07) is 3.84. The van der Waals surface area contributed by atoms with Gasteiger partial charge in [-0.15, -0.1) is 11.6 Å². The quantitative estimate of drug-likeness (QED) is 0.684. The summed E-state index contributed by atoms with van der Waals surface area (Å²) in [6.07, 6.45) is 7.02. The molecule has 3 nitrogen and oxygen atoms in total. The smallest absolute Gasteiger partial charge is 0.138 e. The third-order valence-corrected chi connectivity index (χ3v) is 2.04. The monoisotopic (exact) mass is 193 g/mol. The van der Waals surface area contributed by atoms with Crippen molar-refractivity contribution in [3.63, 3.8) is 0 Å². The molecule has 0 bridgehead atoms. The zero-order valence-corrected chi connectivity index (χ0v) is 7.65. The molecule has 2 aromatic rings. The molecule has 0 aliphatic rings. The minimum Gasteiger partial charge on any atom is -0.291 e. The summed E-state index contributed by atoms with van der Waals surface area (Å²) in [5.41, 5.74) is 1.06. The second kappa shape index (κ2) is 3.58. The second-order valence-corrected chi connectivity index (χ2v) is 2.89. The molecule has 0 N–H and O–H groups in total. The topological polar surface area (TPSA) is 30.7 Å². The second-order valence-electron chi connectivity index (χ2n) is 2.63. The van der Waals surface area contributed by atoms with E-state index in [4.69, 9.17) is 11.6 Å². The predicted molar refractivity (Wildman–Crippen MR) is 50.9 cm³/mol. The maximum absolute atomic E-state index is 5.71. The minimum absolute atomic E-state index is 0.504. The summed E-state index contributed by atoms with van der Waals surface area (Å²) < 4.78 is 1.84. The zero-order chi connectivity index (χ0) is 9.10. The Bertz CT molecular complexity index is 384. The Morgan fingerprint density at radius 1 is 1.38 bits per heavy atom. The van der Waals surface area contributed by atoms with Crippen molar-refractivity contribution in [2.45, 2.75) is 5.88 Å². The molecule has 66 valence electrons. The first kappa shape index (κ1) is 8.26. The van der Waals surface area contributed by atoms with E-state index >= 15 is 0 Å². The molecular weight excluding hydrogens is 186 g/mol. The fourth-order valence-corrected chi connectivity index (χ4v) is 1.25. The molecule has 2 heterocycles. The van der Waals surface area contributed by atoms with Crippen LogP contribution in [-0.2, 0) is 5.88 Å². The molecule has 0 atom stereocenters. The zero-order valence-electron chi connectivity index (χ0n) is 6.89. The molecule has 2 aromatic heterocycles. The average Bonchev–Trinajstić information content (AvgIpc) is 2.71. The van der Waals surface area contributed by atoms with Crippen molar-refractivity contribution in [1.29, 1.82) is 0 Å². The third-order valence-electron chi connectivity index (χ3n) is 1.73. The Morgan fingerprint density at radius 2 is 2.31 bits per heavy atom. The maximum atomic E-state index is 5.71. The van der Waals surface area contributed by atoms with E-state index in [1.165, 1.54) is 0 Å². The van der Waals surface area contributed by atoms with Gasteiger partial charge in [0.2, 0.25) is 0 Å². The van der Waals surface area contributed by atoms with Crippen LogP contribution in [0.1, 0.15) is 5.56 Å². The normalized spacial score (nSPS) is 10.2. The molecule has 0 saturated carbocycles. The van der Waals surface area contributed by atoms with Crippen molar-refractivity contribution in [3.8, 4) is 5.82 Å². The fourth-order valence-electron chi connectivity index (χ4n) is 1.08. The van der Waals surface area contributed by atoms with Crippen LogP contribution in [0.2, 0.25) is 0 Å². The van der Waals surface area contributed by atoms with E-state index in [0.717, 1.165) is 11.4 Å². The number of nitrogens with zero attached hydrogens (tertiary/aromatic N) is 3. The Morgan fingerprint density at radius 3 is 3.00 bits per heavy atom. The van der Waals surface area contributed by atoms with E-state index in [0.29, 0.717) is 5.88 Å². The lowest BCUT2D eigenvalue weighted by atomic mass is 10.3. The fraction of sp³-hybridized carbons (Fsp3) is 0.111. The summed E-state index contributed by atoms with van der Waals surface area (Å²) in [5, 5.41) is 0. The van der Waals surface area contributed by atoms with Crippen LogP contribution >= 0.6 is 11.6 Å². The number of rotatable bonds is 2. The number of hydrogen-bond acceptors (Lipinski definition) is 2. The van der Waals surface area contributed by atoms with Gasteiger partial charge in [0.25, 0.3) is 0 Å². The highest BCUT2D eigenvalue weighted by Crippen LogP contribution is 2.08. The molecule has 0 aliphatic heterocycles. The van der Waals surface area contributed by atoms with Crippen molar-refractivity contribution in [3.05, 3.63) is 42.6 Å². The van der Waals surface area contributed by atoms with E-state index < -0.39 is 0 Å². The summed E-state index contributed by atoms with van der Waals surface area (Å²) in [7, 11) is 0. The van der Waals surface area contributed by atoms with Gasteiger partial charge in [0.05, 0.1) is 0 Å². The SMILES string of the molecule is ClCc1ccnc(-n2ccnc2)c1. The highest BCUT2D eigenvalue weighted by atomic mass is 35.5. The van der Waals surface area contributed by atoms with Crippen LogP contribution in [0.25, 0.3) is 5.82 Å². The van der Waals surface area contributed by atoms with Crippen molar-refractivity contribution in [2.75, 3.05) is 0 Å². The Kier molecular flexibility index (Phi) is 2.27. The van der Waals surface area contributed by atoms with Crippen LogP contribution in [0.15, 0.2) is 37.1 Å². The highest BCUT2D eigenvalue weighted by Gasteiger charge is 1.97. The molecule has 0 amide bonds. The first-order chi connectivity index (χ1) is 6.40. The number of hydrogen-bond donors (Lipinski definition) is 0. The number of alkyl halides is 1. The van der Waals surface area contributed by atoms with Crippen molar-refractivity contribution in [2.24, 2.45) is 0 Å². The Hall–Kier alpha value is -1.35. The van der Waals surface area contributed by atoms with Gasteiger partial charge >= 0.3 is 0 Å². The number of pyridine rings is 1. The van der Waals surface area contributed by atoms with Gasteiger partial charge in [0, 0.05) is 24.5 Å². The lowest BCUT2D eigenvalue weighted by Gasteiger charge is -2.01. The van der Waals surface area contributed by atoms with Gasteiger partial charge in [-0.25, -0.2) is 9.97 Å². The molecule has 0 spiro atoms. The number of aromatic nitrogens is 3. The van der Waals surface area contributed by atoms with Crippen molar-refractivity contribution >= 4 is 11.6 Å². The van der Waals surface area contributed by atoms with E-state index in [9.17, 15) is 0 Å². The summed E-state index contributed by atoms with van der Waals surface area (Å²) in [4.78, 5) is 8.14. The van der Waals surface area contributed by atoms with Crippen LogP contribution in [0.3, 0.4) is 0 Å². The van der Waals surface area contributed by atoms with Gasteiger partial charge in [-0.05, 0) is 17.7 Å². The van der Waals surface area contributed by atoms with Crippen molar-refractivity contribution < 1.29 is 0 Å². The van der Waals surface area contributed by atoms with Crippen LogP contribution in [0.5, 0.6) is 0 Å². The molecule has 0 saturated heterocycles. The summed E-state index contributed by atoms with van der Waals surface area (Å²) in [5.74, 6) is 1.35. The largest absolute Gasteiger partial charge is 0.291 e. The summed E-state index contributed by atoms with van der Waals surface area (Å²) >= 11 is 5.71. The first-order valence-corrected chi connectivity index (χ1v) is 4.43. The van der Waals surface area contributed by atoms with Gasteiger partial charge in [0.15, 0.2) is 0 Å². The Balaban J connectivity index is 2.41. The third kappa shape index (κ3) is 1.70. The first-order valence-electron chi connectivity index (χ1n) is 3.89. The molecule has 13 heavy (non-hydrogen) atoms. The molecule has 0 unspecified atom stereocenters. The molecule has 4 heteroatoms. The standard InChI is InChI=1S/C9H8ClN3/c10-6-8-1-2-12-9(5-8)13-4-3-11-7-13/h1-5,7H,6H2.